The molecule has 4 heteroatoms. The van der Waals surface area contributed by atoms with E-state index in [1.54, 1.807) is 4.90 Å². The van der Waals surface area contributed by atoms with Crippen LogP contribution in [0, 0.1) is 0 Å². The molecule has 1 unspecified atom stereocenters. The molecule has 1 aliphatic heterocycles. The number of nitrogens with zero attached hydrogens (tertiary/aromatic N) is 1. The Balaban J connectivity index is 1.98. The summed E-state index contributed by atoms with van der Waals surface area (Å²) in [5.74, 6) is 2.79. The van der Waals surface area contributed by atoms with Crippen molar-refractivity contribution in [1.82, 2.24) is 10.2 Å². The Morgan fingerprint density at radius 1 is 1.53 bits per heavy atom. The predicted octanol–water partition coefficient (Wildman–Crippen LogP) is 1.34. The van der Waals surface area contributed by atoms with Gasteiger partial charge in [-0.2, -0.15) is 11.8 Å². The summed E-state index contributed by atoms with van der Waals surface area (Å²) in [4.78, 5) is 13.0. The maximum Gasteiger partial charge on any atom is 0.222 e. The van der Waals surface area contributed by atoms with Crippen LogP contribution in [-0.2, 0) is 4.79 Å². The summed E-state index contributed by atoms with van der Waals surface area (Å²) in [7, 11) is 3.63. The topological polar surface area (TPSA) is 32.3 Å². The molecule has 1 amide bonds. The van der Waals surface area contributed by atoms with E-state index in [2.05, 4.69) is 5.32 Å². The number of rotatable bonds is 5. The molecule has 1 rings (SSSR count). The second-order valence-electron chi connectivity index (χ2n) is 4.26. The van der Waals surface area contributed by atoms with Crippen LogP contribution in [0.2, 0.25) is 0 Å². The van der Waals surface area contributed by atoms with Gasteiger partial charge >= 0.3 is 0 Å². The second kappa shape index (κ2) is 7.12. The highest BCUT2D eigenvalue weighted by molar-refractivity contribution is 7.99. The lowest BCUT2D eigenvalue weighted by atomic mass is 10.2. The molecule has 1 saturated heterocycles. The van der Waals surface area contributed by atoms with Crippen molar-refractivity contribution >= 4 is 17.7 Å². The van der Waals surface area contributed by atoms with Crippen LogP contribution in [0.5, 0.6) is 0 Å². The average Bonchev–Trinajstić information content (AvgIpc) is 2.25. The number of hydrogen-bond donors (Lipinski definition) is 1. The Kier molecular flexibility index (Phi) is 6.10. The molecule has 1 aliphatic rings. The van der Waals surface area contributed by atoms with E-state index in [0.717, 1.165) is 13.0 Å². The van der Waals surface area contributed by atoms with Crippen molar-refractivity contribution in [1.29, 1.82) is 0 Å². The van der Waals surface area contributed by atoms with Gasteiger partial charge in [-0.15, -0.1) is 0 Å². The maximum absolute atomic E-state index is 11.3. The van der Waals surface area contributed by atoms with Crippen LogP contribution in [0.25, 0.3) is 0 Å². The highest BCUT2D eigenvalue weighted by Crippen LogP contribution is 2.16. The first kappa shape index (κ1) is 12.8. The Morgan fingerprint density at radius 2 is 2.33 bits per heavy atom. The molecule has 1 fully saturated rings. The molecule has 0 spiro atoms. The Morgan fingerprint density at radius 3 is 2.93 bits per heavy atom. The lowest BCUT2D eigenvalue weighted by Crippen LogP contribution is -2.34. The summed E-state index contributed by atoms with van der Waals surface area (Å²) in [5.41, 5.74) is 0. The van der Waals surface area contributed by atoms with E-state index in [1.165, 1.54) is 24.3 Å². The van der Waals surface area contributed by atoms with E-state index in [1.807, 2.05) is 25.9 Å². The van der Waals surface area contributed by atoms with Crippen molar-refractivity contribution < 1.29 is 4.79 Å². The number of carbonyl (C=O) groups is 1. The average molecular weight is 230 g/mol. The van der Waals surface area contributed by atoms with E-state index in [-0.39, 0.29) is 5.91 Å². The summed E-state index contributed by atoms with van der Waals surface area (Å²) in [6.45, 7) is 0.977. The fraction of sp³-hybridized carbons (Fsp3) is 0.909. The Hall–Kier alpha value is -0.220. The summed E-state index contributed by atoms with van der Waals surface area (Å²) >= 11 is 2.03. The van der Waals surface area contributed by atoms with Crippen LogP contribution in [0.1, 0.15) is 25.7 Å². The first-order valence-corrected chi connectivity index (χ1v) is 6.87. The molecule has 0 aromatic rings. The van der Waals surface area contributed by atoms with Gasteiger partial charge in [-0.3, -0.25) is 4.79 Å². The number of nitrogens with one attached hydrogen (secondary N) is 1. The third-order valence-corrected chi connectivity index (χ3v) is 3.87. The quantitative estimate of drug-likeness (QED) is 0.723. The predicted molar refractivity (Wildman–Crippen MR) is 66.3 cm³/mol. The molecule has 0 aromatic carbocycles. The van der Waals surface area contributed by atoms with E-state index in [4.69, 9.17) is 0 Å². The van der Waals surface area contributed by atoms with E-state index in [0.29, 0.717) is 12.5 Å². The van der Waals surface area contributed by atoms with Crippen LogP contribution in [-0.4, -0.2) is 49.0 Å². The van der Waals surface area contributed by atoms with Crippen molar-refractivity contribution in [2.24, 2.45) is 0 Å². The minimum Gasteiger partial charge on any atom is -0.349 e. The molecule has 3 nitrogen and oxygen atoms in total. The molecule has 1 N–H and O–H groups in total. The number of thioether (sulfide) groups is 1. The van der Waals surface area contributed by atoms with E-state index >= 15 is 0 Å². The summed E-state index contributed by atoms with van der Waals surface area (Å²) < 4.78 is 0. The first-order chi connectivity index (χ1) is 7.20. The van der Waals surface area contributed by atoms with Gasteiger partial charge in [-0.05, 0) is 31.6 Å². The van der Waals surface area contributed by atoms with Gasteiger partial charge in [0.05, 0.1) is 0 Å². The van der Waals surface area contributed by atoms with Gasteiger partial charge in [0.1, 0.15) is 0 Å². The molecular formula is C11H22N2OS. The van der Waals surface area contributed by atoms with Crippen LogP contribution in [0.4, 0.5) is 0 Å². The number of carbonyl (C=O) groups excluding carboxylic acids is 1. The van der Waals surface area contributed by atoms with Crippen LogP contribution >= 0.6 is 11.8 Å². The molecule has 1 atom stereocenters. The van der Waals surface area contributed by atoms with Gasteiger partial charge in [-0.25, -0.2) is 0 Å². The molecule has 0 bridgehead atoms. The molecule has 1 heterocycles. The normalized spacial score (nSPS) is 21.3. The molecule has 0 radical (unpaired) electrons. The van der Waals surface area contributed by atoms with Crippen LogP contribution in [0.15, 0.2) is 0 Å². The maximum atomic E-state index is 11.3. The number of amides is 1. The van der Waals surface area contributed by atoms with Gasteiger partial charge in [0.15, 0.2) is 0 Å². The van der Waals surface area contributed by atoms with Gasteiger partial charge in [0.25, 0.3) is 0 Å². The molecule has 88 valence electrons. The van der Waals surface area contributed by atoms with Gasteiger partial charge in [-0.1, -0.05) is 0 Å². The largest absolute Gasteiger partial charge is 0.349 e. The lowest BCUT2D eigenvalue weighted by Gasteiger charge is -2.22. The monoisotopic (exact) mass is 230 g/mol. The minimum absolute atomic E-state index is 0.231. The zero-order chi connectivity index (χ0) is 11.1. The standard InChI is InChI=1S/C11H22N2OS/c1-13(2)11(14)6-3-7-12-10-5-4-8-15-9-10/h10,12H,3-9H2,1-2H3. The Bertz CT molecular complexity index is 191. The van der Waals surface area contributed by atoms with Crippen LogP contribution < -0.4 is 5.32 Å². The van der Waals surface area contributed by atoms with Crippen molar-refractivity contribution in [3.05, 3.63) is 0 Å². The van der Waals surface area contributed by atoms with Gasteiger partial charge in [0, 0.05) is 32.3 Å². The smallest absolute Gasteiger partial charge is 0.222 e. The molecular weight excluding hydrogens is 208 g/mol. The Labute approximate surface area is 97.0 Å². The summed E-state index contributed by atoms with van der Waals surface area (Å²) in [6.07, 6.45) is 4.26. The van der Waals surface area contributed by atoms with E-state index < -0.39 is 0 Å². The summed E-state index contributed by atoms with van der Waals surface area (Å²) in [6, 6.07) is 0.679. The van der Waals surface area contributed by atoms with Gasteiger partial charge < -0.3 is 10.2 Å². The molecule has 0 saturated carbocycles. The van der Waals surface area contributed by atoms with Crippen molar-refractivity contribution in [3.8, 4) is 0 Å². The zero-order valence-electron chi connectivity index (χ0n) is 9.79. The van der Waals surface area contributed by atoms with Crippen LogP contribution in [0.3, 0.4) is 0 Å². The fourth-order valence-electron chi connectivity index (χ4n) is 1.67. The number of hydrogen-bond acceptors (Lipinski definition) is 3. The SMILES string of the molecule is CN(C)C(=O)CCCNC1CCCSC1. The molecule has 15 heavy (non-hydrogen) atoms. The second-order valence-corrected chi connectivity index (χ2v) is 5.41. The third-order valence-electron chi connectivity index (χ3n) is 2.66. The van der Waals surface area contributed by atoms with Gasteiger partial charge in [0.2, 0.25) is 5.91 Å². The van der Waals surface area contributed by atoms with E-state index in [9.17, 15) is 4.79 Å². The van der Waals surface area contributed by atoms with Crippen molar-refractivity contribution in [2.75, 3.05) is 32.1 Å². The zero-order valence-corrected chi connectivity index (χ0v) is 10.6. The van der Waals surface area contributed by atoms with Crippen molar-refractivity contribution in [2.45, 2.75) is 31.7 Å². The fourth-order valence-corrected chi connectivity index (χ4v) is 2.78. The molecule has 0 aliphatic carbocycles. The van der Waals surface area contributed by atoms with Crippen molar-refractivity contribution in [3.63, 3.8) is 0 Å². The minimum atomic E-state index is 0.231. The lowest BCUT2D eigenvalue weighted by molar-refractivity contribution is -0.128. The molecule has 0 aromatic heterocycles. The highest BCUT2D eigenvalue weighted by Gasteiger charge is 2.12. The summed E-state index contributed by atoms with van der Waals surface area (Å²) in [5, 5.41) is 3.52. The third kappa shape index (κ3) is 5.42. The highest BCUT2D eigenvalue weighted by atomic mass is 32.2. The first-order valence-electron chi connectivity index (χ1n) is 5.71.